The molecule has 0 aliphatic heterocycles. The number of aromatic hydroxyl groups is 2. The fourth-order valence-electron chi connectivity index (χ4n) is 1.99. The van der Waals surface area contributed by atoms with Gasteiger partial charge in [0, 0.05) is 0 Å². The molecular weight excluding hydrogens is 344 g/mol. The van der Waals surface area contributed by atoms with Crippen molar-refractivity contribution in [1.82, 2.24) is 10.4 Å². The summed E-state index contributed by atoms with van der Waals surface area (Å²) in [5.74, 6) is -3.22. The van der Waals surface area contributed by atoms with E-state index in [9.17, 15) is 24.6 Å². The second-order valence-electron chi connectivity index (χ2n) is 4.88. The van der Waals surface area contributed by atoms with Crippen molar-refractivity contribution in [2.45, 2.75) is 6.42 Å². The molecule has 0 aromatic heterocycles. The topological polar surface area (TPSA) is 107 Å². The highest BCUT2D eigenvalue weighted by Crippen LogP contribution is 2.19. The zero-order chi connectivity index (χ0) is 18.4. The number of para-hydroxylation sites is 2. The minimum absolute atomic E-state index is 0.118. The number of phenols is 2. The minimum Gasteiger partial charge on any atom is -0.507 e. The summed E-state index contributed by atoms with van der Waals surface area (Å²) in [4.78, 5) is 37.0. The molecule has 128 valence electrons. The number of hydrazine groups is 1. The van der Waals surface area contributed by atoms with Crippen LogP contribution < -0.4 is 5.43 Å². The SMILES string of the molecule is O=C(NN(C(=O)CC=S)C(=O)c1ccccc1O)c1ccccc1O. The van der Waals surface area contributed by atoms with Crippen LogP contribution in [0.5, 0.6) is 11.5 Å². The van der Waals surface area contributed by atoms with E-state index in [0.717, 1.165) is 5.37 Å². The van der Waals surface area contributed by atoms with Crippen molar-refractivity contribution in [3.63, 3.8) is 0 Å². The fraction of sp³-hybridized carbons (Fsp3) is 0.0588. The standard InChI is InChI=1S/C17H14N2O5S/c20-13-7-3-1-5-11(13)16(23)18-19(15(22)9-10-25)17(24)12-6-2-4-8-14(12)21/h1-8,10,20-21H,9H2,(H,18,23). The highest BCUT2D eigenvalue weighted by Gasteiger charge is 2.27. The Hall–Kier alpha value is -3.26. The van der Waals surface area contributed by atoms with Crippen LogP contribution in [0.25, 0.3) is 0 Å². The smallest absolute Gasteiger partial charge is 0.283 e. The Balaban J connectivity index is 2.34. The average molecular weight is 358 g/mol. The Morgan fingerprint density at radius 3 is 2.00 bits per heavy atom. The van der Waals surface area contributed by atoms with Gasteiger partial charge in [-0.15, -0.1) is 0 Å². The lowest BCUT2D eigenvalue weighted by atomic mass is 10.1. The molecule has 0 aliphatic carbocycles. The summed E-state index contributed by atoms with van der Waals surface area (Å²) in [5.41, 5.74) is 1.86. The normalized spacial score (nSPS) is 9.92. The first kappa shape index (κ1) is 18.1. The average Bonchev–Trinajstić information content (AvgIpc) is 2.60. The third kappa shape index (κ3) is 4.18. The molecule has 0 aliphatic rings. The molecule has 25 heavy (non-hydrogen) atoms. The summed E-state index contributed by atoms with van der Waals surface area (Å²) in [6.45, 7) is 0. The molecule has 8 heteroatoms. The molecule has 0 bridgehead atoms. The maximum Gasteiger partial charge on any atom is 0.283 e. The van der Waals surface area contributed by atoms with Crippen molar-refractivity contribution in [3.8, 4) is 11.5 Å². The summed E-state index contributed by atoms with van der Waals surface area (Å²) in [6.07, 6.45) is -0.282. The summed E-state index contributed by atoms with van der Waals surface area (Å²) in [7, 11) is 0. The van der Waals surface area contributed by atoms with Gasteiger partial charge >= 0.3 is 0 Å². The van der Waals surface area contributed by atoms with Gasteiger partial charge in [0.1, 0.15) is 11.5 Å². The quantitative estimate of drug-likeness (QED) is 0.568. The van der Waals surface area contributed by atoms with E-state index in [1.54, 1.807) is 0 Å². The summed E-state index contributed by atoms with van der Waals surface area (Å²) in [6, 6.07) is 11.3. The third-order valence-electron chi connectivity index (χ3n) is 3.21. The van der Waals surface area contributed by atoms with Gasteiger partial charge in [-0.05, 0) is 29.6 Å². The number of benzene rings is 2. The monoisotopic (exact) mass is 358 g/mol. The van der Waals surface area contributed by atoms with E-state index in [1.807, 2.05) is 0 Å². The molecule has 3 N–H and O–H groups in total. The van der Waals surface area contributed by atoms with Gasteiger partial charge in [0.2, 0.25) is 0 Å². The fourth-order valence-corrected chi connectivity index (χ4v) is 2.13. The number of hydrogen-bond acceptors (Lipinski definition) is 6. The zero-order valence-electron chi connectivity index (χ0n) is 12.9. The number of imide groups is 1. The molecule has 2 aromatic rings. The van der Waals surface area contributed by atoms with E-state index >= 15 is 0 Å². The second kappa shape index (κ2) is 8.02. The van der Waals surface area contributed by atoms with Gasteiger partial charge < -0.3 is 10.2 Å². The molecule has 7 nitrogen and oxygen atoms in total. The van der Waals surface area contributed by atoms with Crippen LogP contribution in [0.1, 0.15) is 27.1 Å². The van der Waals surface area contributed by atoms with Crippen LogP contribution >= 0.6 is 12.2 Å². The summed E-state index contributed by atoms with van der Waals surface area (Å²) in [5, 5.41) is 21.1. The van der Waals surface area contributed by atoms with Gasteiger partial charge in [0.15, 0.2) is 0 Å². The van der Waals surface area contributed by atoms with Crippen LogP contribution in [0.15, 0.2) is 48.5 Å². The molecule has 2 aromatic carbocycles. The molecule has 0 spiro atoms. The maximum atomic E-state index is 12.6. The Labute approximate surface area is 148 Å². The van der Waals surface area contributed by atoms with Crippen LogP contribution in [0.2, 0.25) is 0 Å². The highest BCUT2D eigenvalue weighted by atomic mass is 32.1. The van der Waals surface area contributed by atoms with Gasteiger partial charge in [-0.25, -0.2) is 0 Å². The number of amides is 3. The number of nitrogens with zero attached hydrogens (tertiary/aromatic N) is 1. The van der Waals surface area contributed by atoms with Gasteiger partial charge in [-0.3, -0.25) is 19.8 Å². The molecule has 0 unspecified atom stereocenters. The first-order chi connectivity index (χ1) is 12.0. The number of phenolic OH excluding ortho intramolecular Hbond substituents is 2. The van der Waals surface area contributed by atoms with Crippen molar-refractivity contribution in [2.24, 2.45) is 0 Å². The maximum absolute atomic E-state index is 12.6. The molecule has 0 fully saturated rings. The summed E-state index contributed by atoms with van der Waals surface area (Å²) >= 11 is 4.62. The number of thiocarbonyl (C=S) groups is 1. The van der Waals surface area contributed by atoms with E-state index in [1.165, 1.54) is 48.5 Å². The van der Waals surface area contributed by atoms with Crippen molar-refractivity contribution in [3.05, 3.63) is 59.7 Å². The number of rotatable bonds is 4. The van der Waals surface area contributed by atoms with Crippen LogP contribution in [-0.2, 0) is 4.79 Å². The Morgan fingerprint density at radius 2 is 1.48 bits per heavy atom. The largest absolute Gasteiger partial charge is 0.507 e. The number of hydrogen-bond donors (Lipinski definition) is 3. The third-order valence-corrected chi connectivity index (χ3v) is 3.37. The lowest BCUT2D eigenvalue weighted by Gasteiger charge is -2.21. The van der Waals surface area contributed by atoms with Crippen LogP contribution in [-0.4, -0.2) is 38.3 Å². The molecule has 2 rings (SSSR count). The molecular formula is C17H14N2O5S. The number of carbonyl (C=O) groups is 3. The first-order valence-electron chi connectivity index (χ1n) is 7.13. The second-order valence-corrected chi connectivity index (χ2v) is 5.21. The van der Waals surface area contributed by atoms with Crippen LogP contribution in [0, 0.1) is 0 Å². The lowest BCUT2D eigenvalue weighted by molar-refractivity contribution is -0.129. The first-order valence-corrected chi connectivity index (χ1v) is 7.60. The lowest BCUT2D eigenvalue weighted by Crippen LogP contribution is -2.50. The van der Waals surface area contributed by atoms with E-state index < -0.39 is 17.7 Å². The van der Waals surface area contributed by atoms with Gasteiger partial charge in [0.05, 0.1) is 17.5 Å². The van der Waals surface area contributed by atoms with E-state index in [-0.39, 0.29) is 29.0 Å². The van der Waals surface area contributed by atoms with Crippen LogP contribution in [0.3, 0.4) is 0 Å². The van der Waals surface area contributed by atoms with E-state index in [4.69, 9.17) is 0 Å². The zero-order valence-corrected chi connectivity index (χ0v) is 13.7. The number of nitrogens with one attached hydrogen (secondary N) is 1. The molecule has 0 saturated heterocycles. The Morgan fingerprint density at radius 1 is 0.960 bits per heavy atom. The minimum atomic E-state index is -0.927. The van der Waals surface area contributed by atoms with Gasteiger partial charge in [-0.1, -0.05) is 36.5 Å². The Kier molecular flexibility index (Phi) is 5.80. The molecule has 0 radical (unpaired) electrons. The molecule has 0 saturated carbocycles. The Bertz CT molecular complexity index is 837. The van der Waals surface area contributed by atoms with E-state index in [2.05, 4.69) is 17.6 Å². The van der Waals surface area contributed by atoms with Crippen molar-refractivity contribution >= 4 is 35.3 Å². The molecule has 0 atom stereocenters. The highest BCUT2D eigenvalue weighted by molar-refractivity contribution is 7.79. The predicted molar refractivity (Wildman–Crippen MR) is 93.1 cm³/mol. The van der Waals surface area contributed by atoms with Gasteiger partial charge in [-0.2, -0.15) is 5.01 Å². The predicted octanol–water partition coefficient (Wildman–Crippen LogP) is 1.80. The van der Waals surface area contributed by atoms with E-state index in [0.29, 0.717) is 5.01 Å². The van der Waals surface area contributed by atoms with Gasteiger partial charge in [0.25, 0.3) is 17.7 Å². The van der Waals surface area contributed by atoms with Crippen molar-refractivity contribution in [2.75, 3.05) is 0 Å². The number of carbonyl (C=O) groups excluding carboxylic acids is 3. The van der Waals surface area contributed by atoms with Crippen molar-refractivity contribution < 1.29 is 24.6 Å². The summed E-state index contributed by atoms with van der Waals surface area (Å²) < 4.78 is 0. The van der Waals surface area contributed by atoms with Crippen LogP contribution in [0.4, 0.5) is 0 Å². The van der Waals surface area contributed by atoms with Crippen molar-refractivity contribution in [1.29, 1.82) is 0 Å². The molecule has 3 amide bonds. The molecule has 0 heterocycles.